The highest BCUT2D eigenvalue weighted by Crippen LogP contribution is 2.16. The van der Waals surface area contributed by atoms with Crippen molar-refractivity contribution < 1.29 is 4.74 Å². The molecule has 0 saturated heterocycles. The van der Waals surface area contributed by atoms with Gasteiger partial charge < -0.3 is 9.30 Å². The lowest BCUT2D eigenvalue weighted by molar-refractivity contribution is 0.190. The molecule has 3 heteroatoms. The molecule has 0 N–H and O–H groups in total. The van der Waals surface area contributed by atoms with Crippen LogP contribution in [0.3, 0.4) is 0 Å². The summed E-state index contributed by atoms with van der Waals surface area (Å²) in [5.74, 6) is 0. The zero-order valence-electron chi connectivity index (χ0n) is 9.52. The van der Waals surface area contributed by atoms with Gasteiger partial charge in [0.1, 0.15) is 0 Å². The van der Waals surface area contributed by atoms with E-state index in [-0.39, 0.29) is 0 Å². The molecular weight excluding hydrogens is 200 g/mol. The van der Waals surface area contributed by atoms with Crippen molar-refractivity contribution in [3.8, 4) is 0 Å². The predicted octanol–water partition coefficient (Wildman–Crippen LogP) is 2.72. The van der Waals surface area contributed by atoms with Crippen LogP contribution >= 0.6 is 0 Å². The maximum absolute atomic E-state index is 5.05. The van der Waals surface area contributed by atoms with Crippen LogP contribution in [0.25, 0.3) is 17.1 Å². The molecule has 0 saturated carbocycles. The van der Waals surface area contributed by atoms with E-state index >= 15 is 0 Å². The number of hydrogen-bond donors (Lipinski definition) is 0. The second-order valence-corrected chi connectivity index (χ2v) is 3.73. The Morgan fingerprint density at radius 2 is 2.44 bits per heavy atom. The van der Waals surface area contributed by atoms with E-state index in [1.165, 1.54) is 0 Å². The van der Waals surface area contributed by atoms with E-state index in [0.717, 1.165) is 36.2 Å². The van der Waals surface area contributed by atoms with Crippen molar-refractivity contribution >= 4 is 17.1 Å². The van der Waals surface area contributed by atoms with Crippen LogP contribution in [-0.4, -0.2) is 23.3 Å². The van der Waals surface area contributed by atoms with Gasteiger partial charge in [-0.15, -0.1) is 0 Å². The highest BCUT2D eigenvalue weighted by molar-refractivity contribution is 5.78. The first kappa shape index (κ1) is 10.9. The van der Waals surface area contributed by atoms with Crippen molar-refractivity contribution in [2.45, 2.75) is 13.0 Å². The van der Waals surface area contributed by atoms with Gasteiger partial charge in [-0.25, -0.2) is 0 Å². The second kappa shape index (κ2) is 4.94. The number of aromatic nitrogens is 2. The summed E-state index contributed by atoms with van der Waals surface area (Å²) in [6, 6.07) is 4.15. The molecule has 0 aliphatic carbocycles. The molecule has 2 rings (SSSR count). The molecule has 3 nitrogen and oxygen atoms in total. The minimum absolute atomic E-state index is 0.786. The Morgan fingerprint density at radius 1 is 1.56 bits per heavy atom. The smallest absolute Gasteiger partial charge is 0.0881 e. The molecule has 0 aliphatic rings. The number of ether oxygens (including phenoxy) is 1. The van der Waals surface area contributed by atoms with Crippen LogP contribution in [0, 0.1) is 0 Å². The molecule has 0 spiro atoms. The van der Waals surface area contributed by atoms with E-state index in [2.05, 4.69) is 28.4 Å². The Labute approximate surface area is 95.4 Å². The topological polar surface area (TPSA) is 27.1 Å². The molecule has 0 aromatic carbocycles. The minimum Gasteiger partial charge on any atom is -0.385 e. The van der Waals surface area contributed by atoms with Crippen LogP contribution in [-0.2, 0) is 11.3 Å². The monoisotopic (exact) mass is 216 g/mol. The summed E-state index contributed by atoms with van der Waals surface area (Å²) in [6.07, 6.45) is 6.74. The fourth-order valence-electron chi connectivity index (χ4n) is 1.76. The fourth-order valence-corrected chi connectivity index (χ4v) is 1.76. The molecule has 0 amide bonds. The van der Waals surface area contributed by atoms with Gasteiger partial charge in [-0.1, -0.05) is 12.7 Å². The second-order valence-electron chi connectivity index (χ2n) is 3.73. The van der Waals surface area contributed by atoms with Gasteiger partial charge in [0.2, 0.25) is 0 Å². The third kappa shape index (κ3) is 2.14. The Morgan fingerprint density at radius 3 is 3.19 bits per heavy atom. The normalized spacial score (nSPS) is 10.8. The molecule has 0 unspecified atom stereocenters. The number of fused-ring (bicyclic) bond motifs is 1. The Hall–Kier alpha value is -1.61. The van der Waals surface area contributed by atoms with Crippen LogP contribution in [0.15, 0.2) is 31.1 Å². The highest BCUT2D eigenvalue weighted by Gasteiger charge is 2.02. The van der Waals surface area contributed by atoms with Crippen LogP contribution in [0.5, 0.6) is 0 Å². The van der Waals surface area contributed by atoms with E-state index < -0.39 is 0 Å². The molecule has 2 heterocycles. The quantitative estimate of drug-likeness (QED) is 0.718. The van der Waals surface area contributed by atoms with Gasteiger partial charge in [0.25, 0.3) is 0 Å². The van der Waals surface area contributed by atoms with Gasteiger partial charge in [-0.2, -0.15) is 0 Å². The zero-order chi connectivity index (χ0) is 11.4. The van der Waals surface area contributed by atoms with E-state index in [1.807, 2.05) is 18.3 Å². The number of hydrogen-bond acceptors (Lipinski definition) is 2. The molecule has 0 aliphatic heterocycles. The van der Waals surface area contributed by atoms with Gasteiger partial charge in [0.05, 0.1) is 11.0 Å². The van der Waals surface area contributed by atoms with Gasteiger partial charge in [-0.3, -0.25) is 4.98 Å². The summed E-state index contributed by atoms with van der Waals surface area (Å²) in [5, 5.41) is 0. The number of pyridine rings is 1. The summed E-state index contributed by atoms with van der Waals surface area (Å²) >= 11 is 0. The molecule has 2 aromatic rings. The van der Waals surface area contributed by atoms with E-state index in [9.17, 15) is 0 Å². The van der Waals surface area contributed by atoms with Gasteiger partial charge in [-0.05, 0) is 24.1 Å². The first-order chi connectivity index (χ1) is 7.85. The van der Waals surface area contributed by atoms with Crippen molar-refractivity contribution in [1.82, 2.24) is 9.55 Å². The van der Waals surface area contributed by atoms with Crippen molar-refractivity contribution in [2.75, 3.05) is 13.7 Å². The summed E-state index contributed by atoms with van der Waals surface area (Å²) in [4.78, 5) is 4.38. The summed E-state index contributed by atoms with van der Waals surface area (Å²) in [7, 11) is 1.73. The van der Waals surface area contributed by atoms with Crippen molar-refractivity contribution in [3.05, 3.63) is 36.7 Å². The van der Waals surface area contributed by atoms with Crippen molar-refractivity contribution in [3.63, 3.8) is 0 Å². The maximum Gasteiger partial charge on any atom is 0.0881 e. The Balaban J connectivity index is 2.27. The molecule has 2 aromatic heterocycles. The first-order valence-electron chi connectivity index (χ1n) is 5.41. The van der Waals surface area contributed by atoms with Crippen LogP contribution in [0.1, 0.15) is 12.0 Å². The number of rotatable bonds is 5. The van der Waals surface area contributed by atoms with Crippen LogP contribution in [0.4, 0.5) is 0 Å². The Kier molecular flexibility index (Phi) is 3.37. The third-order valence-electron chi connectivity index (χ3n) is 2.62. The van der Waals surface area contributed by atoms with E-state index in [4.69, 9.17) is 4.74 Å². The van der Waals surface area contributed by atoms with Gasteiger partial charge in [0.15, 0.2) is 0 Å². The van der Waals surface area contributed by atoms with Crippen molar-refractivity contribution in [1.29, 1.82) is 0 Å². The lowest BCUT2D eigenvalue weighted by Crippen LogP contribution is -2.00. The first-order valence-corrected chi connectivity index (χ1v) is 5.41. The maximum atomic E-state index is 5.05. The molecular formula is C13H16N2O. The lowest BCUT2D eigenvalue weighted by atomic mass is 10.2. The van der Waals surface area contributed by atoms with Gasteiger partial charge in [0, 0.05) is 32.7 Å². The van der Waals surface area contributed by atoms with Crippen LogP contribution < -0.4 is 0 Å². The highest BCUT2D eigenvalue weighted by atomic mass is 16.5. The van der Waals surface area contributed by atoms with Crippen LogP contribution in [0.2, 0.25) is 0 Å². The lowest BCUT2D eigenvalue weighted by Gasteiger charge is -2.04. The summed E-state index contributed by atoms with van der Waals surface area (Å²) < 4.78 is 7.25. The number of methoxy groups -OCH3 is 1. The SMILES string of the molecule is C=Cc1cnc2ccn(CCCOC)c2c1. The molecule has 0 atom stereocenters. The number of aryl methyl sites for hydroxylation is 1. The third-order valence-corrected chi connectivity index (χ3v) is 2.62. The summed E-state index contributed by atoms with van der Waals surface area (Å²) in [5.41, 5.74) is 3.25. The largest absolute Gasteiger partial charge is 0.385 e. The van der Waals surface area contributed by atoms with E-state index in [0.29, 0.717) is 0 Å². The van der Waals surface area contributed by atoms with E-state index in [1.54, 1.807) is 7.11 Å². The molecule has 0 bridgehead atoms. The molecule has 84 valence electrons. The minimum atomic E-state index is 0.786. The number of nitrogens with zero attached hydrogens (tertiary/aromatic N) is 2. The van der Waals surface area contributed by atoms with Crippen molar-refractivity contribution in [2.24, 2.45) is 0 Å². The average molecular weight is 216 g/mol. The molecule has 16 heavy (non-hydrogen) atoms. The average Bonchev–Trinajstić information content (AvgIpc) is 2.72. The standard InChI is InChI=1S/C13H16N2O/c1-3-11-9-13-12(14-10-11)5-7-15(13)6-4-8-16-2/h3,5,7,9-10H,1,4,6,8H2,2H3. The predicted molar refractivity (Wildman–Crippen MR) is 66.3 cm³/mol. The summed E-state index contributed by atoms with van der Waals surface area (Å²) in [6.45, 7) is 5.50. The Bertz CT molecular complexity index is 488. The molecule has 0 fully saturated rings. The van der Waals surface area contributed by atoms with Gasteiger partial charge >= 0.3 is 0 Å². The molecule has 0 radical (unpaired) electrons. The fraction of sp³-hybridized carbons (Fsp3) is 0.308. The zero-order valence-corrected chi connectivity index (χ0v) is 9.52.